The first-order chi connectivity index (χ1) is 8.30. The Labute approximate surface area is 107 Å². The van der Waals surface area contributed by atoms with Gasteiger partial charge in [0.2, 0.25) is 0 Å². The highest BCUT2D eigenvalue weighted by Gasteiger charge is 2.18. The summed E-state index contributed by atoms with van der Waals surface area (Å²) in [5, 5.41) is 1.59. The van der Waals surface area contributed by atoms with Gasteiger partial charge in [0, 0.05) is 16.4 Å². The number of fused-ring (bicyclic) bond motifs is 1. The topological polar surface area (TPSA) is 56.0 Å². The molecule has 0 atom stereocenters. The second-order valence-electron chi connectivity index (χ2n) is 4.90. The van der Waals surface area contributed by atoms with Crippen molar-refractivity contribution in [3.63, 3.8) is 0 Å². The summed E-state index contributed by atoms with van der Waals surface area (Å²) in [5.41, 5.74) is 9.09. The molecule has 2 N–H and O–H groups in total. The Balaban J connectivity index is 2.84. The van der Waals surface area contributed by atoms with Crippen molar-refractivity contribution in [3.05, 3.63) is 36.5 Å². The number of pyridine rings is 1. The van der Waals surface area contributed by atoms with Crippen LogP contribution in [0.4, 0.5) is 5.69 Å². The summed E-state index contributed by atoms with van der Waals surface area (Å²) in [6.07, 6.45) is 0. The van der Waals surface area contributed by atoms with Crippen LogP contribution in [0, 0.1) is 0 Å². The predicted octanol–water partition coefficient (Wildman–Crippen LogP) is 3.10. The monoisotopic (exact) mass is 260 g/mol. The van der Waals surface area contributed by atoms with Gasteiger partial charge < -0.3 is 10.3 Å². The minimum absolute atomic E-state index is 0.570. The van der Waals surface area contributed by atoms with Crippen LogP contribution >= 0.6 is 7.14 Å². The number of nitrogens with zero attached hydrogens (tertiary/aromatic N) is 1. The van der Waals surface area contributed by atoms with E-state index in [0.29, 0.717) is 5.69 Å². The standard InChI is InChI=1S/C14H17N2OP/c1-9(2)12-7-5-10-13(16-12)8-6-11(15)14(10)18(3,4)17/h5-8H,1,15H2,2-4H3. The van der Waals surface area contributed by atoms with Gasteiger partial charge in [0.1, 0.15) is 7.14 Å². The van der Waals surface area contributed by atoms with Gasteiger partial charge in [0.25, 0.3) is 0 Å². The molecule has 0 saturated carbocycles. The van der Waals surface area contributed by atoms with E-state index in [4.69, 9.17) is 5.73 Å². The quantitative estimate of drug-likeness (QED) is 0.666. The summed E-state index contributed by atoms with van der Waals surface area (Å²) in [6.45, 7) is 9.25. The van der Waals surface area contributed by atoms with Gasteiger partial charge in [-0.15, -0.1) is 0 Å². The molecule has 18 heavy (non-hydrogen) atoms. The number of hydrogen-bond acceptors (Lipinski definition) is 3. The number of nitrogen functional groups attached to an aromatic ring is 1. The number of aromatic nitrogens is 1. The number of allylic oxidation sites excluding steroid dienone is 1. The molecule has 4 heteroatoms. The Kier molecular flexibility index (Phi) is 3.04. The molecule has 0 radical (unpaired) electrons. The molecule has 0 bridgehead atoms. The lowest BCUT2D eigenvalue weighted by molar-refractivity contribution is 0.588. The summed E-state index contributed by atoms with van der Waals surface area (Å²) in [4.78, 5) is 4.51. The molecule has 1 heterocycles. The number of hydrogen-bond donors (Lipinski definition) is 1. The molecule has 1 aromatic carbocycles. The lowest BCUT2D eigenvalue weighted by Crippen LogP contribution is -2.11. The minimum atomic E-state index is -2.43. The van der Waals surface area contributed by atoms with Gasteiger partial charge in [0.05, 0.1) is 11.2 Å². The lowest BCUT2D eigenvalue weighted by Gasteiger charge is -2.14. The first-order valence-corrected chi connectivity index (χ1v) is 8.31. The molecule has 0 amide bonds. The summed E-state index contributed by atoms with van der Waals surface area (Å²) in [7, 11) is -2.43. The van der Waals surface area contributed by atoms with E-state index >= 15 is 0 Å². The van der Waals surface area contributed by atoms with E-state index in [-0.39, 0.29) is 0 Å². The normalized spacial score (nSPS) is 11.7. The molecule has 1 aromatic heterocycles. The molecule has 0 fully saturated rings. The maximum atomic E-state index is 12.3. The van der Waals surface area contributed by atoms with E-state index in [1.165, 1.54) is 0 Å². The molecular formula is C14H17N2OP. The van der Waals surface area contributed by atoms with Crippen molar-refractivity contribution in [2.75, 3.05) is 19.1 Å². The minimum Gasteiger partial charge on any atom is -0.398 e. The summed E-state index contributed by atoms with van der Waals surface area (Å²) in [5.74, 6) is 0. The molecule has 2 rings (SSSR count). The number of rotatable bonds is 2. The van der Waals surface area contributed by atoms with Crippen LogP contribution in [0.15, 0.2) is 30.8 Å². The fourth-order valence-corrected chi connectivity index (χ4v) is 3.51. The summed E-state index contributed by atoms with van der Waals surface area (Å²) < 4.78 is 12.3. The zero-order valence-electron chi connectivity index (χ0n) is 10.9. The molecule has 0 aliphatic carbocycles. The van der Waals surface area contributed by atoms with Crippen molar-refractivity contribution < 1.29 is 4.57 Å². The van der Waals surface area contributed by atoms with Gasteiger partial charge in [-0.1, -0.05) is 6.58 Å². The molecule has 0 spiro atoms. The first-order valence-electron chi connectivity index (χ1n) is 5.71. The molecule has 3 nitrogen and oxygen atoms in total. The van der Waals surface area contributed by atoms with Gasteiger partial charge >= 0.3 is 0 Å². The van der Waals surface area contributed by atoms with Gasteiger partial charge in [-0.3, -0.25) is 0 Å². The molecular weight excluding hydrogens is 243 g/mol. The van der Waals surface area contributed by atoms with Crippen LogP contribution < -0.4 is 11.0 Å². The molecule has 0 saturated heterocycles. The average Bonchev–Trinajstić information content (AvgIpc) is 2.26. The third-order valence-corrected chi connectivity index (χ3v) is 4.43. The van der Waals surface area contributed by atoms with Crippen molar-refractivity contribution in [1.82, 2.24) is 4.98 Å². The average molecular weight is 260 g/mol. The molecule has 94 valence electrons. The van der Waals surface area contributed by atoms with Crippen LogP contribution in [0.2, 0.25) is 0 Å². The highest BCUT2D eigenvalue weighted by atomic mass is 31.2. The Morgan fingerprint density at radius 2 is 1.94 bits per heavy atom. The Morgan fingerprint density at radius 3 is 2.50 bits per heavy atom. The third-order valence-electron chi connectivity index (χ3n) is 2.85. The zero-order chi connectivity index (χ0) is 13.5. The largest absolute Gasteiger partial charge is 0.398 e. The van der Waals surface area contributed by atoms with E-state index in [9.17, 15) is 4.57 Å². The van der Waals surface area contributed by atoms with Crippen molar-refractivity contribution in [2.24, 2.45) is 0 Å². The van der Waals surface area contributed by atoms with E-state index in [0.717, 1.165) is 27.5 Å². The summed E-state index contributed by atoms with van der Waals surface area (Å²) >= 11 is 0. The number of anilines is 1. The highest BCUT2D eigenvalue weighted by molar-refractivity contribution is 7.71. The van der Waals surface area contributed by atoms with E-state index < -0.39 is 7.14 Å². The number of benzene rings is 1. The first kappa shape index (κ1) is 12.8. The molecule has 2 aromatic rings. The van der Waals surface area contributed by atoms with Crippen molar-refractivity contribution in [1.29, 1.82) is 0 Å². The Hall–Kier alpha value is -1.60. The summed E-state index contributed by atoms with van der Waals surface area (Å²) in [6, 6.07) is 7.45. The SMILES string of the molecule is C=C(C)c1ccc2c(P(C)(C)=O)c(N)ccc2n1. The third kappa shape index (κ3) is 2.19. The molecule has 0 unspecified atom stereocenters. The van der Waals surface area contributed by atoms with Gasteiger partial charge in [-0.25, -0.2) is 4.98 Å². The smallest absolute Gasteiger partial charge is 0.112 e. The maximum absolute atomic E-state index is 12.3. The van der Waals surface area contributed by atoms with Gasteiger partial charge in [0.15, 0.2) is 0 Å². The Morgan fingerprint density at radius 1 is 1.28 bits per heavy atom. The Bertz CT molecular complexity index is 685. The van der Waals surface area contributed by atoms with Crippen LogP contribution in [-0.4, -0.2) is 18.3 Å². The van der Waals surface area contributed by atoms with E-state index in [1.807, 2.05) is 25.1 Å². The van der Waals surface area contributed by atoms with E-state index in [2.05, 4.69) is 11.6 Å². The molecule has 0 aliphatic heterocycles. The lowest BCUT2D eigenvalue weighted by atomic mass is 10.1. The van der Waals surface area contributed by atoms with Gasteiger partial charge in [-0.05, 0) is 50.1 Å². The van der Waals surface area contributed by atoms with Crippen molar-refractivity contribution >= 4 is 34.6 Å². The van der Waals surface area contributed by atoms with E-state index in [1.54, 1.807) is 19.4 Å². The van der Waals surface area contributed by atoms with Crippen LogP contribution in [-0.2, 0) is 4.57 Å². The van der Waals surface area contributed by atoms with Crippen LogP contribution in [0.5, 0.6) is 0 Å². The fourth-order valence-electron chi connectivity index (χ4n) is 2.04. The van der Waals surface area contributed by atoms with Crippen LogP contribution in [0.1, 0.15) is 12.6 Å². The second-order valence-corrected chi connectivity index (χ2v) is 8.05. The zero-order valence-corrected chi connectivity index (χ0v) is 11.8. The van der Waals surface area contributed by atoms with Crippen molar-refractivity contribution in [2.45, 2.75) is 6.92 Å². The maximum Gasteiger partial charge on any atom is 0.112 e. The number of nitrogens with two attached hydrogens (primary N) is 1. The van der Waals surface area contributed by atoms with Gasteiger partial charge in [-0.2, -0.15) is 0 Å². The highest BCUT2D eigenvalue weighted by Crippen LogP contribution is 2.40. The fraction of sp³-hybridized carbons (Fsp3) is 0.214. The van der Waals surface area contributed by atoms with Crippen molar-refractivity contribution in [3.8, 4) is 0 Å². The van der Waals surface area contributed by atoms with Crippen LogP contribution in [0.3, 0.4) is 0 Å². The second kappa shape index (κ2) is 4.25. The van der Waals surface area contributed by atoms with Crippen LogP contribution in [0.25, 0.3) is 16.5 Å². The molecule has 0 aliphatic rings. The predicted molar refractivity (Wildman–Crippen MR) is 80.0 cm³/mol.